The molecule has 1 aliphatic heterocycles. The second-order valence-corrected chi connectivity index (χ2v) is 12.7. The molecular weight excluding hydrogens is 747 g/mol. The summed E-state index contributed by atoms with van der Waals surface area (Å²) in [6.07, 6.45) is 1.71. The Balaban J connectivity index is 1.63. The van der Waals surface area contributed by atoms with Gasteiger partial charge < -0.3 is 23.7 Å². The number of carbonyl (C=O) groups is 1. The first-order valence-corrected chi connectivity index (χ1v) is 16.4. The Morgan fingerprint density at radius 1 is 1.02 bits per heavy atom. The summed E-state index contributed by atoms with van der Waals surface area (Å²) in [6, 6.07) is 12.4. The third-order valence-corrected chi connectivity index (χ3v) is 9.45. The number of hydrogen-bond donors (Lipinski definition) is 0. The highest BCUT2D eigenvalue weighted by molar-refractivity contribution is 9.10. The van der Waals surface area contributed by atoms with Crippen LogP contribution in [0.3, 0.4) is 0 Å². The molecule has 5 rings (SSSR count). The molecule has 0 N–H and O–H groups in total. The number of fused-ring (bicyclic) bond motifs is 1. The smallest absolute Gasteiger partial charge is 0.338 e. The van der Waals surface area contributed by atoms with E-state index in [0.29, 0.717) is 63.7 Å². The molecule has 0 unspecified atom stereocenters. The van der Waals surface area contributed by atoms with Gasteiger partial charge in [0.2, 0.25) is 0 Å². The fourth-order valence-corrected chi connectivity index (χ4v) is 7.21. The van der Waals surface area contributed by atoms with E-state index in [2.05, 4.69) is 36.9 Å². The number of halogens is 3. The number of ether oxygens (including phenoxy) is 5. The molecule has 0 radical (unpaired) electrons. The first kappa shape index (κ1) is 33.4. The molecule has 4 aromatic rings. The Hall–Kier alpha value is -3.94. The zero-order valence-corrected chi connectivity index (χ0v) is 29.5. The van der Waals surface area contributed by atoms with Gasteiger partial charge in [-0.25, -0.2) is 14.2 Å². The van der Waals surface area contributed by atoms with Gasteiger partial charge in [0.15, 0.2) is 27.8 Å². The third-order valence-electron chi connectivity index (χ3n) is 7.19. The summed E-state index contributed by atoms with van der Waals surface area (Å²) >= 11 is 8.33. The second-order valence-electron chi connectivity index (χ2n) is 9.95. The molecule has 0 aliphatic carbocycles. The monoisotopic (exact) mass is 774 g/mol. The number of rotatable bonds is 10. The zero-order valence-electron chi connectivity index (χ0n) is 25.5. The van der Waals surface area contributed by atoms with E-state index in [1.54, 1.807) is 62.4 Å². The lowest BCUT2D eigenvalue weighted by Crippen LogP contribution is -2.40. The van der Waals surface area contributed by atoms with Crippen molar-refractivity contribution >= 4 is 55.2 Å². The van der Waals surface area contributed by atoms with Crippen molar-refractivity contribution in [2.24, 2.45) is 4.99 Å². The van der Waals surface area contributed by atoms with Gasteiger partial charge in [-0.3, -0.25) is 9.36 Å². The summed E-state index contributed by atoms with van der Waals surface area (Å²) in [7, 11) is 4.53. The molecule has 0 saturated carbocycles. The standard InChI is InChI=1S/C33H29Br2FN2O7S/c1-6-44-32(40)28-17(2)37-33-38(29(28)20-14-24(41-3)25(42-4)15-21(20)34)31(39)27(46-33)13-18-11-22(35)30(26(12-18)43-5)45-16-19-9-7-8-10-23(19)36/h7-15,29H,6,16H2,1-5H3/b27-13-/t29-/m0/s1. The average Bonchev–Trinajstić information content (AvgIpc) is 3.33. The number of hydrogen-bond acceptors (Lipinski definition) is 9. The quantitative estimate of drug-likeness (QED) is 0.181. The van der Waals surface area contributed by atoms with Gasteiger partial charge in [-0.1, -0.05) is 45.5 Å². The SMILES string of the molecule is CCOC(=O)C1=C(C)N=c2s/c(=C\c3cc(Br)c(OCc4ccccc4F)c(OC)c3)c(=O)n2[C@H]1c1cc(OC)c(OC)cc1Br. The highest BCUT2D eigenvalue weighted by Crippen LogP contribution is 2.41. The molecule has 0 amide bonds. The van der Waals surface area contributed by atoms with Crippen LogP contribution in [0.4, 0.5) is 4.39 Å². The van der Waals surface area contributed by atoms with Crippen LogP contribution in [0, 0.1) is 5.82 Å². The van der Waals surface area contributed by atoms with Crippen molar-refractivity contribution in [3.8, 4) is 23.0 Å². The predicted octanol–water partition coefficient (Wildman–Crippen LogP) is 6.07. The molecule has 9 nitrogen and oxygen atoms in total. The summed E-state index contributed by atoms with van der Waals surface area (Å²) in [4.78, 5) is 32.5. The summed E-state index contributed by atoms with van der Waals surface area (Å²) in [5.74, 6) is 0.725. The summed E-state index contributed by atoms with van der Waals surface area (Å²) in [5, 5.41) is 0. The van der Waals surface area contributed by atoms with Crippen LogP contribution in [-0.4, -0.2) is 38.5 Å². The van der Waals surface area contributed by atoms with E-state index in [0.717, 1.165) is 0 Å². The van der Waals surface area contributed by atoms with Crippen molar-refractivity contribution in [3.63, 3.8) is 0 Å². The van der Waals surface area contributed by atoms with Crippen molar-refractivity contribution in [3.05, 3.63) is 111 Å². The number of nitrogens with zero attached hydrogens (tertiary/aromatic N) is 2. The third kappa shape index (κ3) is 6.49. The van der Waals surface area contributed by atoms with Crippen LogP contribution in [0.15, 0.2) is 78.5 Å². The molecule has 13 heteroatoms. The van der Waals surface area contributed by atoms with E-state index in [4.69, 9.17) is 23.7 Å². The van der Waals surface area contributed by atoms with Gasteiger partial charge >= 0.3 is 5.97 Å². The highest BCUT2D eigenvalue weighted by atomic mass is 79.9. The van der Waals surface area contributed by atoms with Gasteiger partial charge in [0.1, 0.15) is 12.4 Å². The first-order chi connectivity index (χ1) is 22.1. The number of carbonyl (C=O) groups excluding carboxylic acids is 1. The largest absolute Gasteiger partial charge is 0.493 e. The van der Waals surface area contributed by atoms with Crippen LogP contribution in [0.5, 0.6) is 23.0 Å². The summed E-state index contributed by atoms with van der Waals surface area (Å²) in [5.41, 5.74) is 1.92. The lowest BCUT2D eigenvalue weighted by molar-refractivity contribution is -0.139. The van der Waals surface area contributed by atoms with E-state index >= 15 is 0 Å². The van der Waals surface area contributed by atoms with Crippen molar-refractivity contribution in [2.75, 3.05) is 27.9 Å². The maximum atomic E-state index is 14.2. The van der Waals surface area contributed by atoms with Crippen LogP contribution in [-0.2, 0) is 16.1 Å². The zero-order chi connectivity index (χ0) is 33.1. The van der Waals surface area contributed by atoms with E-state index in [-0.39, 0.29) is 30.2 Å². The van der Waals surface area contributed by atoms with Gasteiger partial charge in [0.25, 0.3) is 5.56 Å². The fraction of sp³-hybridized carbons (Fsp3) is 0.242. The lowest BCUT2D eigenvalue weighted by atomic mass is 9.95. The molecule has 0 bridgehead atoms. The maximum Gasteiger partial charge on any atom is 0.338 e. The second kappa shape index (κ2) is 14.2. The van der Waals surface area contributed by atoms with E-state index < -0.39 is 12.0 Å². The van der Waals surface area contributed by atoms with Crippen LogP contribution >= 0.6 is 43.2 Å². The van der Waals surface area contributed by atoms with E-state index in [1.807, 2.05) is 0 Å². The minimum Gasteiger partial charge on any atom is -0.493 e. The van der Waals surface area contributed by atoms with Crippen LogP contribution < -0.4 is 33.8 Å². The van der Waals surface area contributed by atoms with Crippen molar-refractivity contribution in [2.45, 2.75) is 26.5 Å². The molecule has 0 saturated heterocycles. The van der Waals surface area contributed by atoms with Crippen molar-refractivity contribution in [1.82, 2.24) is 4.57 Å². The minimum atomic E-state index is -0.873. The van der Waals surface area contributed by atoms with Gasteiger partial charge in [-0.05, 0) is 77.3 Å². The molecule has 1 aromatic heterocycles. The Labute approximate surface area is 284 Å². The maximum absolute atomic E-state index is 14.2. The van der Waals surface area contributed by atoms with E-state index in [9.17, 15) is 14.0 Å². The Bertz CT molecular complexity index is 2040. The minimum absolute atomic E-state index is 0.00651. The molecular formula is C33H29Br2FN2O7S. The molecule has 1 aliphatic rings. The predicted molar refractivity (Wildman–Crippen MR) is 179 cm³/mol. The van der Waals surface area contributed by atoms with E-state index in [1.165, 1.54) is 43.3 Å². The number of thiazole rings is 1. The Morgan fingerprint density at radius 2 is 1.72 bits per heavy atom. The number of benzene rings is 3. The van der Waals surface area contributed by atoms with Gasteiger partial charge in [-0.2, -0.15) is 0 Å². The van der Waals surface area contributed by atoms with Crippen molar-refractivity contribution < 1.29 is 32.9 Å². The molecule has 0 fully saturated rings. The first-order valence-electron chi connectivity index (χ1n) is 14.0. The Morgan fingerprint density at radius 3 is 2.39 bits per heavy atom. The number of allylic oxidation sites excluding steroid dienone is 1. The fourth-order valence-electron chi connectivity index (χ4n) is 5.05. The van der Waals surface area contributed by atoms with Gasteiger partial charge in [0.05, 0.1) is 54.3 Å². The van der Waals surface area contributed by atoms with Crippen LogP contribution in [0.2, 0.25) is 0 Å². The van der Waals surface area contributed by atoms with Gasteiger partial charge in [-0.15, -0.1) is 0 Å². The molecule has 1 atom stereocenters. The molecule has 0 spiro atoms. The molecule has 2 heterocycles. The summed E-state index contributed by atoms with van der Waals surface area (Å²) in [6.45, 7) is 3.57. The van der Waals surface area contributed by atoms with Crippen molar-refractivity contribution in [1.29, 1.82) is 0 Å². The topological polar surface area (TPSA) is 97.6 Å². The van der Waals surface area contributed by atoms with Gasteiger partial charge in [0, 0.05) is 10.0 Å². The number of aromatic nitrogens is 1. The highest BCUT2D eigenvalue weighted by Gasteiger charge is 2.35. The molecule has 46 heavy (non-hydrogen) atoms. The Kier molecular flexibility index (Phi) is 10.3. The summed E-state index contributed by atoms with van der Waals surface area (Å²) < 4.78 is 45.1. The normalized spacial score (nSPS) is 14.4. The van der Waals surface area contributed by atoms with Crippen LogP contribution in [0.25, 0.3) is 6.08 Å². The lowest BCUT2D eigenvalue weighted by Gasteiger charge is -2.26. The number of esters is 1. The molecule has 240 valence electrons. The molecule has 3 aromatic carbocycles. The van der Waals surface area contributed by atoms with Crippen LogP contribution in [0.1, 0.15) is 36.6 Å². The number of methoxy groups -OCH3 is 3. The average molecular weight is 776 g/mol.